The predicted molar refractivity (Wildman–Crippen MR) is 43.7 cm³/mol. The Bertz CT molecular complexity index is 525. The normalized spacial score (nSPS) is 10.5. The molecule has 0 radical (unpaired) electrons. The van der Waals surface area contributed by atoms with Gasteiger partial charge in [0.2, 0.25) is 5.82 Å². The van der Waals surface area contributed by atoms with Gasteiger partial charge in [0.05, 0.1) is 5.39 Å². The van der Waals surface area contributed by atoms with Crippen molar-refractivity contribution in [2.24, 2.45) is 0 Å². The van der Waals surface area contributed by atoms with Gasteiger partial charge >= 0.3 is 5.97 Å². The van der Waals surface area contributed by atoms with Gasteiger partial charge in [-0.3, -0.25) is 4.79 Å². The van der Waals surface area contributed by atoms with Crippen molar-refractivity contribution in [3.8, 4) is 0 Å². The molecular weight excluding hydrogens is 174 g/mol. The number of aromatic nitrogens is 3. The van der Waals surface area contributed by atoms with Gasteiger partial charge in [-0.15, -0.1) is 0 Å². The van der Waals surface area contributed by atoms with Crippen LogP contribution in [0, 0.1) is 0 Å². The number of aromatic carboxylic acids is 1. The van der Waals surface area contributed by atoms with E-state index in [0.29, 0.717) is 5.39 Å². The molecule has 3 N–H and O–H groups in total. The van der Waals surface area contributed by atoms with Crippen molar-refractivity contribution < 1.29 is 9.90 Å². The lowest BCUT2D eigenvalue weighted by atomic mass is 10.4. The Morgan fingerprint density at radius 3 is 3.00 bits per heavy atom. The lowest BCUT2D eigenvalue weighted by Gasteiger charge is -1.92. The van der Waals surface area contributed by atoms with E-state index in [2.05, 4.69) is 15.0 Å². The second kappa shape index (κ2) is 2.44. The highest BCUT2D eigenvalue weighted by atomic mass is 16.4. The summed E-state index contributed by atoms with van der Waals surface area (Å²) in [6.07, 6.45) is 1.53. The van der Waals surface area contributed by atoms with Gasteiger partial charge in [0, 0.05) is 6.20 Å². The number of nitrogens with one attached hydrogen (secondary N) is 2. The number of nitrogens with zero attached hydrogens (tertiary/aromatic N) is 1. The Kier molecular flexibility index (Phi) is 1.42. The quantitative estimate of drug-likeness (QED) is 0.571. The third-order valence-corrected chi connectivity index (χ3v) is 1.63. The molecule has 13 heavy (non-hydrogen) atoms. The third-order valence-electron chi connectivity index (χ3n) is 1.63. The molecule has 0 aromatic carbocycles. The zero-order chi connectivity index (χ0) is 9.42. The van der Waals surface area contributed by atoms with E-state index in [0.717, 1.165) is 0 Å². The molecule has 0 saturated heterocycles. The Morgan fingerprint density at radius 1 is 1.54 bits per heavy atom. The summed E-state index contributed by atoms with van der Waals surface area (Å²) < 4.78 is 0. The molecule has 0 bridgehead atoms. The first-order valence-electron chi connectivity index (χ1n) is 3.49. The highest BCUT2D eigenvalue weighted by molar-refractivity contribution is 5.86. The molecule has 0 amide bonds. The Morgan fingerprint density at radius 2 is 2.31 bits per heavy atom. The summed E-state index contributed by atoms with van der Waals surface area (Å²) in [5, 5.41) is 8.91. The van der Waals surface area contributed by atoms with Crippen LogP contribution in [0.25, 0.3) is 11.0 Å². The van der Waals surface area contributed by atoms with E-state index in [9.17, 15) is 9.59 Å². The number of rotatable bonds is 1. The number of carboxylic acids is 1. The monoisotopic (exact) mass is 179 g/mol. The molecule has 0 aliphatic rings. The Labute approximate surface area is 71.2 Å². The number of carboxylic acid groups (broad SMARTS) is 1. The maximum atomic E-state index is 11.2. The minimum Gasteiger partial charge on any atom is -0.475 e. The first kappa shape index (κ1) is 7.53. The van der Waals surface area contributed by atoms with Crippen LogP contribution in [0.1, 0.15) is 10.6 Å². The molecule has 0 unspecified atom stereocenters. The summed E-state index contributed by atoms with van der Waals surface area (Å²) in [5.41, 5.74) is -0.176. The summed E-state index contributed by atoms with van der Waals surface area (Å²) in [6, 6.07) is 1.53. The van der Waals surface area contributed by atoms with Crippen LogP contribution in [0.5, 0.6) is 0 Å². The molecule has 0 atom stereocenters. The van der Waals surface area contributed by atoms with Gasteiger partial charge in [-0.25, -0.2) is 9.78 Å². The number of H-pyrrole nitrogens is 2. The number of hydrogen-bond acceptors (Lipinski definition) is 3. The van der Waals surface area contributed by atoms with Crippen molar-refractivity contribution in [2.45, 2.75) is 0 Å². The van der Waals surface area contributed by atoms with Crippen molar-refractivity contribution >= 4 is 17.0 Å². The van der Waals surface area contributed by atoms with Crippen LogP contribution in [0.4, 0.5) is 0 Å². The van der Waals surface area contributed by atoms with Crippen LogP contribution in [0.3, 0.4) is 0 Å². The molecule has 2 rings (SSSR count). The van der Waals surface area contributed by atoms with Crippen molar-refractivity contribution in [3.05, 3.63) is 28.4 Å². The van der Waals surface area contributed by atoms with Crippen LogP contribution < -0.4 is 5.56 Å². The summed E-state index contributed by atoms with van der Waals surface area (Å²) in [7, 11) is 0. The Balaban J connectivity index is 2.85. The fourth-order valence-corrected chi connectivity index (χ4v) is 1.05. The van der Waals surface area contributed by atoms with Crippen LogP contribution in [0.2, 0.25) is 0 Å². The summed E-state index contributed by atoms with van der Waals surface area (Å²) in [6.45, 7) is 0. The topological polar surface area (TPSA) is 98.8 Å². The minimum atomic E-state index is -1.26. The van der Waals surface area contributed by atoms with Crippen LogP contribution >= 0.6 is 0 Å². The molecule has 2 aromatic heterocycles. The van der Waals surface area contributed by atoms with E-state index in [-0.39, 0.29) is 11.5 Å². The average molecular weight is 179 g/mol. The SMILES string of the molecule is O=C(O)c1nc2[nH]ccc2c(=O)[nH]1. The molecular formula is C7H5N3O3. The fourth-order valence-electron chi connectivity index (χ4n) is 1.05. The summed E-state index contributed by atoms with van der Waals surface area (Å²) in [5.74, 6) is -1.62. The van der Waals surface area contributed by atoms with Crippen molar-refractivity contribution in [1.82, 2.24) is 15.0 Å². The third kappa shape index (κ3) is 1.08. The summed E-state index contributed by atoms with van der Waals surface area (Å²) in [4.78, 5) is 30.2. The van der Waals surface area contributed by atoms with Gasteiger partial charge in [0.25, 0.3) is 5.56 Å². The van der Waals surface area contributed by atoms with Gasteiger partial charge in [-0.1, -0.05) is 0 Å². The van der Waals surface area contributed by atoms with Crippen molar-refractivity contribution in [2.75, 3.05) is 0 Å². The van der Waals surface area contributed by atoms with Crippen molar-refractivity contribution in [1.29, 1.82) is 0 Å². The number of carbonyl (C=O) groups is 1. The smallest absolute Gasteiger partial charge is 0.372 e. The number of hydrogen-bond donors (Lipinski definition) is 3. The van der Waals surface area contributed by atoms with E-state index in [4.69, 9.17) is 5.11 Å². The lowest BCUT2D eigenvalue weighted by molar-refractivity contribution is 0.0683. The predicted octanol–water partition coefficient (Wildman–Crippen LogP) is -0.0506. The van der Waals surface area contributed by atoms with Crippen LogP contribution in [-0.2, 0) is 0 Å². The van der Waals surface area contributed by atoms with Crippen molar-refractivity contribution in [3.63, 3.8) is 0 Å². The largest absolute Gasteiger partial charge is 0.475 e. The maximum Gasteiger partial charge on any atom is 0.372 e. The highest BCUT2D eigenvalue weighted by Crippen LogP contribution is 2.02. The molecule has 0 aliphatic heterocycles. The maximum absolute atomic E-state index is 11.2. The second-order valence-electron chi connectivity index (χ2n) is 2.46. The van der Waals surface area contributed by atoms with E-state index in [1.165, 1.54) is 12.3 Å². The molecule has 0 aliphatic carbocycles. The lowest BCUT2D eigenvalue weighted by Crippen LogP contribution is -2.14. The Hall–Kier alpha value is -2.11. The molecule has 6 heteroatoms. The standard InChI is InChI=1S/C7H5N3O3/c11-6-3-1-2-8-4(3)9-5(10-6)7(12)13/h1-2H,(H,12,13)(H2,8,9,10,11). The van der Waals surface area contributed by atoms with E-state index < -0.39 is 11.5 Å². The summed E-state index contributed by atoms with van der Waals surface area (Å²) >= 11 is 0. The van der Waals surface area contributed by atoms with Gasteiger partial charge < -0.3 is 15.1 Å². The highest BCUT2D eigenvalue weighted by Gasteiger charge is 2.09. The first-order chi connectivity index (χ1) is 6.18. The van der Waals surface area contributed by atoms with Gasteiger partial charge in [-0.05, 0) is 6.07 Å². The molecule has 0 spiro atoms. The van der Waals surface area contributed by atoms with E-state index >= 15 is 0 Å². The molecule has 0 saturated carbocycles. The van der Waals surface area contributed by atoms with Gasteiger partial charge in [0.15, 0.2) is 0 Å². The zero-order valence-electron chi connectivity index (χ0n) is 6.37. The molecule has 2 aromatic rings. The zero-order valence-corrected chi connectivity index (χ0v) is 6.37. The minimum absolute atomic E-state index is 0.279. The second-order valence-corrected chi connectivity index (χ2v) is 2.46. The van der Waals surface area contributed by atoms with E-state index in [1.54, 1.807) is 0 Å². The van der Waals surface area contributed by atoms with Gasteiger partial charge in [-0.2, -0.15) is 0 Å². The van der Waals surface area contributed by atoms with Crippen LogP contribution in [-0.4, -0.2) is 26.0 Å². The molecule has 2 heterocycles. The number of aromatic amines is 2. The van der Waals surface area contributed by atoms with Crippen LogP contribution in [0.15, 0.2) is 17.1 Å². The number of fused-ring (bicyclic) bond motifs is 1. The fraction of sp³-hybridized carbons (Fsp3) is 0. The molecule has 0 fully saturated rings. The molecule has 66 valence electrons. The van der Waals surface area contributed by atoms with E-state index in [1.807, 2.05) is 0 Å². The first-order valence-corrected chi connectivity index (χ1v) is 3.49. The molecule has 6 nitrogen and oxygen atoms in total. The van der Waals surface area contributed by atoms with Gasteiger partial charge in [0.1, 0.15) is 5.65 Å². The average Bonchev–Trinajstić information content (AvgIpc) is 2.51.